The molecule has 2 heterocycles. The average molecular weight is 365 g/mol. The second-order valence-corrected chi connectivity index (χ2v) is 7.29. The van der Waals surface area contributed by atoms with Gasteiger partial charge < -0.3 is 9.90 Å². The molecule has 0 saturated carbocycles. The van der Waals surface area contributed by atoms with Crippen LogP contribution in [0.15, 0.2) is 28.7 Å². The Labute approximate surface area is 132 Å². The summed E-state index contributed by atoms with van der Waals surface area (Å²) in [4.78, 5) is 17.4. The van der Waals surface area contributed by atoms with Crippen LogP contribution >= 0.6 is 11.3 Å². The van der Waals surface area contributed by atoms with E-state index in [-0.39, 0.29) is 5.69 Å². The lowest BCUT2D eigenvalue weighted by Gasteiger charge is -2.10. The van der Waals surface area contributed by atoms with Crippen LogP contribution in [-0.4, -0.2) is 30.1 Å². The number of carboxylic acid groups (broad SMARTS) is 1. The molecule has 0 amide bonds. The molecular formula is C12H8F3N2O4S2-. The van der Waals surface area contributed by atoms with Gasteiger partial charge in [-0.1, -0.05) is 6.07 Å². The number of carboxylic acids is 1. The Kier molecular flexibility index (Phi) is 4.71. The van der Waals surface area contributed by atoms with Gasteiger partial charge in [0.2, 0.25) is 15.0 Å². The number of nitrogens with zero attached hydrogens (tertiary/aromatic N) is 2. The molecule has 23 heavy (non-hydrogen) atoms. The zero-order valence-corrected chi connectivity index (χ0v) is 12.8. The van der Waals surface area contributed by atoms with Crippen molar-refractivity contribution in [2.75, 3.05) is 5.75 Å². The number of sulfone groups is 1. The maximum Gasteiger partial charge on any atom is 0.433 e. The number of carbonyl (C=O) groups excluding carboxylic acids is 1. The van der Waals surface area contributed by atoms with Gasteiger partial charge in [0.05, 0.1) is 16.3 Å². The maximum atomic E-state index is 12.9. The summed E-state index contributed by atoms with van der Waals surface area (Å²) in [6, 6.07) is 3.69. The smallest absolute Gasteiger partial charge is 0.433 e. The van der Waals surface area contributed by atoms with E-state index in [0.29, 0.717) is 10.9 Å². The molecule has 0 bridgehead atoms. The molecule has 0 unspecified atom stereocenters. The minimum Gasteiger partial charge on any atom is -0.550 e. The standard InChI is InChI=1S/C12H9F3N2O4S2/c13-12(14,15)9-6-7(8-2-1-4-22-8)16-11(17-9)23(20,21)5-3-10(18)19/h1-2,4,6H,3,5H2,(H,18,19)/p-1. The third kappa shape index (κ3) is 4.26. The summed E-state index contributed by atoms with van der Waals surface area (Å²) in [5.41, 5.74) is -1.61. The summed E-state index contributed by atoms with van der Waals surface area (Å²) in [5.74, 6) is -2.58. The first-order chi connectivity index (χ1) is 10.6. The Balaban J connectivity index is 2.55. The fourth-order valence-corrected chi connectivity index (χ4v) is 3.35. The number of rotatable bonds is 5. The van der Waals surface area contributed by atoms with Crippen LogP contribution in [0.25, 0.3) is 10.6 Å². The molecule has 0 saturated heterocycles. The number of halogens is 3. The fourth-order valence-electron chi connectivity index (χ4n) is 1.57. The Morgan fingerprint density at radius 1 is 1.30 bits per heavy atom. The molecule has 124 valence electrons. The first kappa shape index (κ1) is 17.3. The van der Waals surface area contributed by atoms with Crippen LogP contribution in [-0.2, 0) is 20.8 Å². The Bertz CT molecular complexity index is 817. The van der Waals surface area contributed by atoms with Gasteiger partial charge in [-0.25, -0.2) is 18.4 Å². The summed E-state index contributed by atoms with van der Waals surface area (Å²) >= 11 is 1.08. The monoisotopic (exact) mass is 365 g/mol. The Morgan fingerprint density at radius 3 is 2.52 bits per heavy atom. The fraction of sp³-hybridized carbons (Fsp3) is 0.250. The molecule has 2 aromatic heterocycles. The van der Waals surface area contributed by atoms with E-state index in [2.05, 4.69) is 9.97 Å². The van der Waals surface area contributed by atoms with E-state index < -0.39 is 45.0 Å². The lowest BCUT2D eigenvalue weighted by Crippen LogP contribution is -2.26. The van der Waals surface area contributed by atoms with E-state index in [0.717, 1.165) is 11.3 Å². The van der Waals surface area contributed by atoms with Crippen LogP contribution in [0.2, 0.25) is 0 Å². The maximum absolute atomic E-state index is 12.9. The van der Waals surface area contributed by atoms with Crippen molar-refractivity contribution in [2.24, 2.45) is 0 Å². The number of alkyl halides is 3. The van der Waals surface area contributed by atoms with Gasteiger partial charge in [-0.05, 0) is 17.5 Å². The van der Waals surface area contributed by atoms with Gasteiger partial charge >= 0.3 is 6.18 Å². The van der Waals surface area contributed by atoms with Crippen molar-refractivity contribution >= 4 is 27.1 Å². The first-order valence-electron chi connectivity index (χ1n) is 6.02. The largest absolute Gasteiger partial charge is 0.550 e. The predicted octanol–water partition coefficient (Wildman–Crippen LogP) is 1.14. The molecule has 0 atom stereocenters. The van der Waals surface area contributed by atoms with Gasteiger partial charge in [0, 0.05) is 12.4 Å². The normalized spacial score (nSPS) is 12.3. The molecular weight excluding hydrogens is 357 g/mol. The van der Waals surface area contributed by atoms with Crippen molar-refractivity contribution in [1.82, 2.24) is 9.97 Å². The quantitative estimate of drug-likeness (QED) is 0.737. The molecule has 0 N–H and O–H groups in total. The summed E-state index contributed by atoms with van der Waals surface area (Å²) in [6.45, 7) is 0. The van der Waals surface area contributed by atoms with Crippen LogP contribution in [0.1, 0.15) is 12.1 Å². The molecule has 0 spiro atoms. The highest BCUT2D eigenvalue weighted by atomic mass is 32.2. The van der Waals surface area contributed by atoms with Gasteiger partial charge in [-0.3, -0.25) is 0 Å². The first-order valence-corrected chi connectivity index (χ1v) is 8.55. The molecule has 0 radical (unpaired) electrons. The molecule has 2 aromatic rings. The zero-order valence-electron chi connectivity index (χ0n) is 11.2. The van der Waals surface area contributed by atoms with E-state index in [9.17, 15) is 31.5 Å². The van der Waals surface area contributed by atoms with Crippen molar-refractivity contribution in [3.8, 4) is 10.6 Å². The van der Waals surface area contributed by atoms with Crippen LogP contribution in [0.5, 0.6) is 0 Å². The van der Waals surface area contributed by atoms with Gasteiger partial charge in [-0.15, -0.1) is 11.3 Å². The third-order valence-corrected chi connectivity index (χ3v) is 5.00. The number of carbonyl (C=O) groups is 1. The van der Waals surface area contributed by atoms with Gasteiger partial charge in [0.15, 0.2) is 0 Å². The number of aliphatic carboxylic acids is 1. The number of aromatic nitrogens is 2. The van der Waals surface area contributed by atoms with E-state index in [4.69, 9.17) is 0 Å². The molecule has 0 aliphatic carbocycles. The topological polar surface area (TPSA) is 100 Å². The SMILES string of the molecule is O=C([O-])CCS(=O)(=O)c1nc(-c2cccs2)cc(C(F)(F)F)n1. The van der Waals surface area contributed by atoms with Gasteiger partial charge in [-0.2, -0.15) is 13.2 Å². The Morgan fingerprint density at radius 2 is 2.00 bits per heavy atom. The zero-order chi connectivity index (χ0) is 17.3. The summed E-state index contributed by atoms with van der Waals surface area (Å²) < 4.78 is 62.6. The number of thiophene rings is 1. The second kappa shape index (κ2) is 6.24. The van der Waals surface area contributed by atoms with Crippen LogP contribution in [0.3, 0.4) is 0 Å². The number of hydrogen-bond acceptors (Lipinski definition) is 7. The Hall–Kier alpha value is -2.01. The molecule has 11 heteroatoms. The summed E-state index contributed by atoms with van der Waals surface area (Å²) in [7, 11) is -4.39. The highest BCUT2D eigenvalue weighted by molar-refractivity contribution is 7.91. The van der Waals surface area contributed by atoms with E-state index in [1.54, 1.807) is 11.4 Å². The molecule has 0 aromatic carbocycles. The molecule has 6 nitrogen and oxygen atoms in total. The molecule has 0 fully saturated rings. The van der Waals surface area contributed by atoms with Gasteiger partial charge in [0.25, 0.3) is 0 Å². The van der Waals surface area contributed by atoms with E-state index in [1.807, 2.05) is 0 Å². The minimum absolute atomic E-state index is 0.200. The summed E-state index contributed by atoms with van der Waals surface area (Å²) in [6.07, 6.45) is -5.73. The van der Waals surface area contributed by atoms with Crippen molar-refractivity contribution in [2.45, 2.75) is 17.8 Å². The molecule has 0 aliphatic heterocycles. The van der Waals surface area contributed by atoms with Crippen molar-refractivity contribution in [3.63, 3.8) is 0 Å². The highest BCUT2D eigenvalue weighted by Gasteiger charge is 2.35. The minimum atomic E-state index is -4.87. The van der Waals surface area contributed by atoms with Crippen LogP contribution in [0.4, 0.5) is 13.2 Å². The van der Waals surface area contributed by atoms with Gasteiger partial charge in [0.1, 0.15) is 5.69 Å². The number of hydrogen-bond donors (Lipinski definition) is 0. The van der Waals surface area contributed by atoms with Crippen LogP contribution < -0.4 is 5.11 Å². The highest BCUT2D eigenvalue weighted by Crippen LogP contribution is 2.32. The van der Waals surface area contributed by atoms with E-state index in [1.165, 1.54) is 6.07 Å². The van der Waals surface area contributed by atoms with Crippen molar-refractivity contribution < 1.29 is 31.5 Å². The third-order valence-electron chi connectivity index (χ3n) is 2.62. The van der Waals surface area contributed by atoms with Crippen molar-refractivity contribution in [1.29, 1.82) is 0 Å². The lowest BCUT2D eigenvalue weighted by atomic mass is 10.3. The average Bonchev–Trinajstić information content (AvgIpc) is 2.98. The molecule has 2 rings (SSSR count). The molecule has 0 aliphatic rings. The predicted molar refractivity (Wildman–Crippen MR) is 72.0 cm³/mol. The van der Waals surface area contributed by atoms with Crippen molar-refractivity contribution in [3.05, 3.63) is 29.3 Å². The summed E-state index contributed by atoms with van der Waals surface area (Å²) in [5, 5.41) is 10.9. The lowest BCUT2D eigenvalue weighted by molar-refractivity contribution is -0.305. The second-order valence-electron chi connectivity index (χ2n) is 4.34. The van der Waals surface area contributed by atoms with Crippen LogP contribution in [0, 0.1) is 0 Å². The van der Waals surface area contributed by atoms with E-state index >= 15 is 0 Å².